The van der Waals surface area contributed by atoms with Crippen LogP contribution in [0.2, 0.25) is 0 Å². The highest BCUT2D eigenvalue weighted by Crippen LogP contribution is 2.39. The summed E-state index contributed by atoms with van der Waals surface area (Å²) in [4.78, 5) is 28.3. The first kappa shape index (κ1) is 28.3. The Morgan fingerprint density at radius 3 is 2.66 bits per heavy atom. The molecule has 41 heavy (non-hydrogen) atoms. The lowest BCUT2D eigenvalue weighted by Gasteiger charge is -2.21. The second kappa shape index (κ2) is 10.3. The van der Waals surface area contributed by atoms with E-state index in [1.165, 1.54) is 4.57 Å². The second-order valence-corrected chi connectivity index (χ2v) is 13.0. The van der Waals surface area contributed by atoms with Crippen LogP contribution in [0.3, 0.4) is 0 Å². The molecular weight excluding hydrogens is 573 g/mol. The van der Waals surface area contributed by atoms with Crippen LogP contribution in [0, 0.1) is 17.7 Å². The van der Waals surface area contributed by atoms with E-state index in [0.717, 1.165) is 30.0 Å². The Morgan fingerprint density at radius 2 is 2.00 bits per heavy atom. The molecule has 214 valence electrons. The average Bonchev–Trinajstić information content (AvgIpc) is 3.28. The minimum absolute atomic E-state index is 0.0388. The van der Waals surface area contributed by atoms with Gasteiger partial charge >= 0.3 is 11.8 Å². The maximum atomic E-state index is 15.2. The number of benzene rings is 2. The van der Waals surface area contributed by atoms with Gasteiger partial charge in [0.15, 0.2) is 11.2 Å². The van der Waals surface area contributed by atoms with E-state index in [1.807, 2.05) is 20.8 Å². The summed E-state index contributed by atoms with van der Waals surface area (Å²) in [5.41, 5.74) is -0.178. The van der Waals surface area contributed by atoms with Crippen LogP contribution in [-0.4, -0.2) is 39.6 Å². The van der Waals surface area contributed by atoms with Gasteiger partial charge in [-0.3, -0.25) is 9.29 Å². The largest absolute Gasteiger partial charge is 0.430 e. The number of alkyl carbamates (subject to hydrolysis) is 1. The van der Waals surface area contributed by atoms with Crippen molar-refractivity contribution < 1.29 is 26.8 Å². The molecule has 0 bridgehead atoms. The van der Waals surface area contributed by atoms with Crippen molar-refractivity contribution in [1.29, 1.82) is 0 Å². The van der Waals surface area contributed by atoms with Crippen molar-refractivity contribution in [2.24, 2.45) is 0 Å². The molecule has 11 nitrogen and oxygen atoms in total. The number of nitrogens with zero attached hydrogens (tertiary/aromatic N) is 3. The fraction of sp³-hybridized carbons (Fsp3) is 0.333. The number of carbonyl (C=O) groups is 1. The lowest BCUT2D eigenvalue weighted by molar-refractivity contribution is 0.105. The van der Waals surface area contributed by atoms with E-state index in [-0.39, 0.29) is 16.2 Å². The highest BCUT2D eigenvalue weighted by Gasteiger charge is 2.46. The van der Waals surface area contributed by atoms with E-state index in [4.69, 9.17) is 9.15 Å². The Labute approximate surface area is 239 Å². The molecule has 0 spiro atoms. The van der Waals surface area contributed by atoms with Crippen molar-refractivity contribution in [2.45, 2.75) is 62.6 Å². The molecule has 0 aliphatic heterocycles. The summed E-state index contributed by atoms with van der Waals surface area (Å²) in [6.07, 6.45) is 1.80. The van der Waals surface area contributed by atoms with Gasteiger partial charge in [0.1, 0.15) is 17.0 Å². The number of anilines is 1. The molecule has 2 heterocycles. The fourth-order valence-corrected chi connectivity index (χ4v) is 5.90. The molecule has 4 aromatic rings. The molecule has 0 unspecified atom stereocenters. The molecule has 2 N–H and O–H groups in total. The van der Waals surface area contributed by atoms with Crippen molar-refractivity contribution >= 4 is 43.9 Å². The molecule has 14 heteroatoms. The van der Waals surface area contributed by atoms with E-state index in [0.29, 0.717) is 24.0 Å². The summed E-state index contributed by atoms with van der Waals surface area (Å²) in [5.74, 6) is 4.26. The molecule has 1 atom stereocenters. The molecule has 2 aromatic heterocycles. The number of amides is 1. The molecule has 2 aromatic carbocycles. The Morgan fingerprint density at radius 1 is 1.27 bits per heavy atom. The number of nitrogens with one attached hydrogen (secondary N) is 2. The molecule has 1 aliphatic carbocycles. The predicted molar refractivity (Wildman–Crippen MR) is 150 cm³/mol. The van der Waals surface area contributed by atoms with Crippen molar-refractivity contribution in [1.82, 2.24) is 19.2 Å². The standard InChI is InChI=1S/C27H26FN5O6S2/c1-16(18-8-6-5-7-17(18)9-10-27(11-12-27)39-24(34)31-26(2,3)4)33-20-13-19(28)22(14-21(20)38-25(33)35)41(36,37)32-23-29-15-30-40-23/h5-8,13-16H,11-12H2,1-4H3,(H,31,34)(H,29,30,32)/t16-/m1/s1. The Balaban J connectivity index is 1.46. The fourth-order valence-electron chi connectivity index (χ4n) is 4.17. The van der Waals surface area contributed by atoms with Gasteiger partial charge in [-0.05, 0) is 45.2 Å². The normalized spacial score (nSPS) is 15.0. The number of carbonyl (C=O) groups excluding carboxylic acids is 1. The number of hydrogen-bond acceptors (Lipinski definition) is 9. The third-order valence-corrected chi connectivity index (χ3v) is 8.30. The Hall–Kier alpha value is -4.22. The highest BCUT2D eigenvalue weighted by molar-refractivity contribution is 7.93. The first-order chi connectivity index (χ1) is 19.3. The van der Waals surface area contributed by atoms with Gasteiger partial charge in [-0.1, -0.05) is 24.1 Å². The summed E-state index contributed by atoms with van der Waals surface area (Å²) >= 11 is 0.787. The van der Waals surface area contributed by atoms with Crippen molar-refractivity contribution in [3.63, 3.8) is 0 Å². The first-order valence-corrected chi connectivity index (χ1v) is 14.8. The smallest absolute Gasteiger partial charge is 0.420 e. The molecular formula is C27H26FN5O6S2. The third-order valence-electron chi connectivity index (χ3n) is 6.23. The van der Waals surface area contributed by atoms with Gasteiger partial charge in [-0.15, -0.1) is 0 Å². The SMILES string of the molecule is C[C@H](c1ccccc1C#CC1(OC(=O)NC(C)(C)C)CC1)n1c(=O)oc2cc(S(=O)(=O)Nc3ncns3)c(F)cc21. The van der Waals surface area contributed by atoms with E-state index >= 15 is 4.39 Å². The Bertz CT molecular complexity index is 1860. The number of halogens is 1. The van der Waals surface area contributed by atoms with Crippen LogP contribution in [0.4, 0.5) is 14.3 Å². The number of sulfonamides is 1. The van der Waals surface area contributed by atoms with Crippen LogP contribution in [-0.2, 0) is 14.8 Å². The second-order valence-electron chi connectivity index (χ2n) is 10.6. The van der Waals surface area contributed by atoms with Gasteiger partial charge in [0, 0.05) is 47.6 Å². The van der Waals surface area contributed by atoms with E-state index in [9.17, 15) is 18.0 Å². The van der Waals surface area contributed by atoms with Crippen LogP contribution < -0.4 is 15.8 Å². The predicted octanol–water partition coefficient (Wildman–Crippen LogP) is 4.40. The molecule has 1 amide bonds. The van der Waals surface area contributed by atoms with E-state index in [1.54, 1.807) is 31.2 Å². The van der Waals surface area contributed by atoms with Crippen LogP contribution in [0.15, 0.2) is 56.8 Å². The molecule has 1 saturated carbocycles. The van der Waals surface area contributed by atoms with Gasteiger partial charge in [0.25, 0.3) is 10.0 Å². The zero-order chi connectivity index (χ0) is 29.6. The zero-order valence-electron chi connectivity index (χ0n) is 22.5. The molecule has 0 radical (unpaired) electrons. The van der Waals surface area contributed by atoms with E-state index in [2.05, 4.69) is 31.2 Å². The lowest BCUT2D eigenvalue weighted by Crippen LogP contribution is -2.42. The maximum Gasteiger partial charge on any atom is 0.420 e. The summed E-state index contributed by atoms with van der Waals surface area (Å²) in [5, 5.41) is 2.72. The summed E-state index contributed by atoms with van der Waals surface area (Å²) in [6.45, 7) is 7.26. The van der Waals surface area contributed by atoms with E-state index < -0.39 is 49.8 Å². The quantitative estimate of drug-likeness (QED) is 0.310. The Kier molecular flexibility index (Phi) is 7.12. The number of fused-ring (bicyclic) bond motifs is 1. The van der Waals surface area contributed by atoms with Gasteiger partial charge in [0.2, 0.25) is 5.13 Å². The van der Waals surface area contributed by atoms with Gasteiger partial charge in [-0.25, -0.2) is 27.4 Å². The third kappa shape index (κ3) is 6.10. The van der Waals surface area contributed by atoms with Crippen LogP contribution in [0.5, 0.6) is 0 Å². The zero-order valence-corrected chi connectivity index (χ0v) is 24.2. The van der Waals surface area contributed by atoms with Crippen molar-refractivity contribution in [2.75, 3.05) is 4.72 Å². The van der Waals surface area contributed by atoms with Crippen LogP contribution in [0.1, 0.15) is 57.7 Å². The number of ether oxygens (including phenoxy) is 1. The summed E-state index contributed by atoms with van der Waals surface area (Å²) in [7, 11) is -4.37. The van der Waals surface area contributed by atoms with Crippen LogP contribution in [0.25, 0.3) is 11.1 Å². The summed E-state index contributed by atoms with van der Waals surface area (Å²) < 4.78 is 58.7. The van der Waals surface area contributed by atoms with Gasteiger partial charge < -0.3 is 14.5 Å². The number of aromatic nitrogens is 3. The lowest BCUT2D eigenvalue weighted by atomic mass is 10.0. The number of oxazole rings is 1. The monoisotopic (exact) mass is 599 g/mol. The molecule has 0 saturated heterocycles. The first-order valence-electron chi connectivity index (χ1n) is 12.5. The molecule has 5 rings (SSSR count). The average molecular weight is 600 g/mol. The number of hydrogen-bond donors (Lipinski definition) is 2. The maximum absolute atomic E-state index is 15.2. The van der Waals surface area contributed by atoms with Crippen LogP contribution >= 0.6 is 11.5 Å². The van der Waals surface area contributed by atoms with Gasteiger partial charge in [0.05, 0.1) is 11.6 Å². The topological polar surface area (TPSA) is 145 Å². The summed E-state index contributed by atoms with van der Waals surface area (Å²) in [6, 6.07) is 8.33. The minimum Gasteiger partial charge on any atom is -0.430 e. The van der Waals surface area contributed by atoms with Crippen molar-refractivity contribution in [3.8, 4) is 11.8 Å². The minimum atomic E-state index is -4.37. The number of rotatable bonds is 6. The molecule has 1 aliphatic rings. The molecule has 1 fully saturated rings. The van der Waals surface area contributed by atoms with Gasteiger partial charge in [-0.2, -0.15) is 4.37 Å². The highest BCUT2D eigenvalue weighted by atomic mass is 32.2. The van der Waals surface area contributed by atoms with Crippen molar-refractivity contribution in [3.05, 3.63) is 70.2 Å².